The number of amides is 1. The van der Waals surface area contributed by atoms with Crippen molar-refractivity contribution in [3.63, 3.8) is 0 Å². The lowest BCUT2D eigenvalue weighted by Crippen LogP contribution is -2.23. The van der Waals surface area contributed by atoms with Crippen molar-refractivity contribution in [2.75, 3.05) is 7.11 Å². The Bertz CT molecular complexity index is 850. The van der Waals surface area contributed by atoms with Gasteiger partial charge in [-0.2, -0.15) is 0 Å². The topological polar surface area (TPSA) is 60.5 Å². The number of benzene rings is 2. The van der Waals surface area contributed by atoms with Crippen molar-refractivity contribution in [3.8, 4) is 17.4 Å². The number of pyridine rings is 1. The van der Waals surface area contributed by atoms with Crippen LogP contribution in [-0.4, -0.2) is 18.0 Å². The third-order valence-electron chi connectivity index (χ3n) is 3.54. The average molecular weight is 334 g/mol. The van der Waals surface area contributed by atoms with Gasteiger partial charge < -0.3 is 14.8 Å². The number of hydrogen-bond acceptors (Lipinski definition) is 4. The van der Waals surface area contributed by atoms with E-state index in [1.165, 1.54) is 7.11 Å². The van der Waals surface area contributed by atoms with Gasteiger partial charge in [-0.3, -0.25) is 4.79 Å². The smallest absolute Gasteiger partial charge is 0.257 e. The number of rotatable bonds is 6. The van der Waals surface area contributed by atoms with Crippen molar-refractivity contribution in [2.24, 2.45) is 0 Å². The molecule has 3 rings (SSSR count). The molecule has 1 aromatic heterocycles. The van der Waals surface area contributed by atoms with Gasteiger partial charge in [-0.25, -0.2) is 4.98 Å². The molecule has 3 aromatic rings. The molecule has 0 saturated heterocycles. The summed E-state index contributed by atoms with van der Waals surface area (Å²) >= 11 is 0. The Morgan fingerprint density at radius 2 is 1.80 bits per heavy atom. The van der Waals surface area contributed by atoms with Gasteiger partial charge in [-0.15, -0.1) is 0 Å². The van der Waals surface area contributed by atoms with Gasteiger partial charge in [-0.05, 0) is 42.0 Å². The lowest BCUT2D eigenvalue weighted by molar-refractivity contribution is 0.0947. The minimum absolute atomic E-state index is 0.237. The largest absolute Gasteiger partial charge is 0.480 e. The second kappa shape index (κ2) is 7.97. The molecule has 0 aliphatic heterocycles. The number of carbonyl (C=O) groups is 1. The fraction of sp³-hybridized carbons (Fsp3) is 0.100. The molecular weight excluding hydrogens is 316 g/mol. The highest BCUT2D eigenvalue weighted by Crippen LogP contribution is 2.22. The Morgan fingerprint density at radius 3 is 2.60 bits per heavy atom. The number of carbonyl (C=O) groups excluding carboxylic acids is 1. The molecule has 1 N–H and O–H groups in total. The summed E-state index contributed by atoms with van der Waals surface area (Å²) in [5.74, 6) is 1.56. The quantitative estimate of drug-likeness (QED) is 0.744. The van der Waals surface area contributed by atoms with Crippen molar-refractivity contribution >= 4 is 5.91 Å². The van der Waals surface area contributed by atoms with Crippen molar-refractivity contribution < 1.29 is 14.3 Å². The number of nitrogens with one attached hydrogen (secondary N) is 1. The van der Waals surface area contributed by atoms with Crippen LogP contribution >= 0.6 is 0 Å². The van der Waals surface area contributed by atoms with E-state index in [-0.39, 0.29) is 5.91 Å². The molecular formula is C20H18N2O3. The Hall–Kier alpha value is -3.34. The van der Waals surface area contributed by atoms with Crippen molar-refractivity contribution in [1.29, 1.82) is 0 Å². The van der Waals surface area contributed by atoms with Crippen molar-refractivity contribution in [2.45, 2.75) is 6.54 Å². The zero-order valence-electron chi connectivity index (χ0n) is 13.8. The van der Waals surface area contributed by atoms with Gasteiger partial charge in [0.25, 0.3) is 5.91 Å². The molecule has 0 bridgehead atoms. The lowest BCUT2D eigenvalue weighted by Gasteiger charge is -2.10. The molecule has 0 fully saturated rings. The van der Waals surface area contributed by atoms with Crippen LogP contribution in [0.5, 0.6) is 17.4 Å². The molecule has 126 valence electrons. The van der Waals surface area contributed by atoms with Gasteiger partial charge >= 0.3 is 0 Å². The molecule has 0 aliphatic carbocycles. The molecule has 5 heteroatoms. The maximum atomic E-state index is 12.3. The second-order valence-electron chi connectivity index (χ2n) is 5.31. The van der Waals surface area contributed by atoms with E-state index >= 15 is 0 Å². The maximum absolute atomic E-state index is 12.3. The molecule has 1 amide bonds. The van der Waals surface area contributed by atoms with E-state index in [1.807, 2.05) is 54.6 Å². The Kier molecular flexibility index (Phi) is 5.26. The van der Waals surface area contributed by atoms with Crippen LogP contribution in [0.4, 0.5) is 0 Å². The minimum Gasteiger partial charge on any atom is -0.480 e. The van der Waals surface area contributed by atoms with Crippen LogP contribution in [0.3, 0.4) is 0 Å². The highest BCUT2D eigenvalue weighted by molar-refractivity contribution is 5.96. The van der Waals surface area contributed by atoms with Gasteiger partial charge in [0.15, 0.2) is 0 Å². The third kappa shape index (κ3) is 4.35. The molecule has 1 heterocycles. The van der Waals surface area contributed by atoms with E-state index in [0.717, 1.165) is 17.1 Å². The van der Waals surface area contributed by atoms with Crippen LogP contribution in [0.2, 0.25) is 0 Å². The fourth-order valence-electron chi connectivity index (χ4n) is 2.35. The molecule has 0 unspecified atom stereocenters. The van der Waals surface area contributed by atoms with E-state index in [4.69, 9.17) is 9.47 Å². The molecule has 2 aromatic carbocycles. The summed E-state index contributed by atoms with van der Waals surface area (Å²) in [5, 5.41) is 2.87. The zero-order valence-corrected chi connectivity index (χ0v) is 13.8. The van der Waals surface area contributed by atoms with Gasteiger partial charge in [0.1, 0.15) is 17.1 Å². The van der Waals surface area contributed by atoms with E-state index in [0.29, 0.717) is 18.0 Å². The Labute approximate surface area is 146 Å². The minimum atomic E-state index is -0.237. The first-order valence-electron chi connectivity index (χ1n) is 7.85. The van der Waals surface area contributed by atoms with Gasteiger partial charge in [0, 0.05) is 12.7 Å². The summed E-state index contributed by atoms with van der Waals surface area (Å²) in [4.78, 5) is 16.3. The van der Waals surface area contributed by atoms with Crippen LogP contribution in [0.1, 0.15) is 15.9 Å². The zero-order chi connectivity index (χ0) is 17.5. The van der Waals surface area contributed by atoms with Crippen LogP contribution in [-0.2, 0) is 6.54 Å². The summed E-state index contributed by atoms with van der Waals surface area (Å²) < 4.78 is 10.9. The molecule has 0 aliphatic rings. The fourth-order valence-corrected chi connectivity index (χ4v) is 2.35. The molecule has 0 saturated carbocycles. The molecule has 0 atom stereocenters. The van der Waals surface area contributed by atoms with E-state index < -0.39 is 0 Å². The first-order valence-corrected chi connectivity index (χ1v) is 7.85. The number of methoxy groups -OCH3 is 1. The summed E-state index contributed by atoms with van der Waals surface area (Å²) in [6.07, 6.45) is 1.58. The van der Waals surface area contributed by atoms with E-state index in [2.05, 4.69) is 10.3 Å². The molecule has 0 radical (unpaired) electrons. The average Bonchev–Trinajstić information content (AvgIpc) is 2.67. The van der Waals surface area contributed by atoms with Crippen molar-refractivity contribution in [3.05, 3.63) is 84.1 Å². The van der Waals surface area contributed by atoms with Crippen LogP contribution in [0.15, 0.2) is 72.9 Å². The molecule has 5 nitrogen and oxygen atoms in total. The number of nitrogens with zero attached hydrogens (tertiary/aromatic N) is 1. The second-order valence-corrected chi connectivity index (χ2v) is 5.31. The normalized spacial score (nSPS) is 10.1. The number of hydrogen-bond donors (Lipinski definition) is 1. The predicted molar refractivity (Wildman–Crippen MR) is 94.9 cm³/mol. The Balaban J connectivity index is 1.65. The van der Waals surface area contributed by atoms with Gasteiger partial charge in [-0.1, -0.05) is 30.3 Å². The van der Waals surface area contributed by atoms with Gasteiger partial charge in [0.2, 0.25) is 5.88 Å². The maximum Gasteiger partial charge on any atom is 0.257 e. The SMILES string of the molecule is COc1ncccc1C(=O)NCc1cccc(Oc2ccccc2)c1. The van der Waals surface area contributed by atoms with Crippen LogP contribution in [0, 0.1) is 0 Å². The Morgan fingerprint density at radius 1 is 1.00 bits per heavy atom. The highest BCUT2D eigenvalue weighted by Gasteiger charge is 2.12. The predicted octanol–water partition coefficient (Wildman–Crippen LogP) is 3.81. The number of aromatic nitrogens is 1. The summed E-state index contributed by atoms with van der Waals surface area (Å²) in [7, 11) is 1.49. The first kappa shape index (κ1) is 16.5. The van der Waals surface area contributed by atoms with E-state index in [9.17, 15) is 4.79 Å². The first-order chi connectivity index (χ1) is 12.3. The highest BCUT2D eigenvalue weighted by atomic mass is 16.5. The van der Waals surface area contributed by atoms with Crippen LogP contribution in [0.25, 0.3) is 0 Å². The standard InChI is InChI=1S/C20H18N2O3/c1-24-20-18(11-6-12-21-20)19(23)22-14-15-7-5-10-17(13-15)25-16-8-3-2-4-9-16/h2-13H,14H2,1H3,(H,22,23). The van der Waals surface area contributed by atoms with Gasteiger partial charge in [0.05, 0.1) is 7.11 Å². The third-order valence-corrected chi connectivity index (χ3v) is 3.54. The monoisotopic (exact) mass is 334 g/mol. The van der Waals surface area contributed by atoms with E-state index in [1.54, 1.807) is 18.3 Å². The van der Waals surface area contributed by atoms with Crippen LogP contribution < -0.4 is 14.8 Å². The molecule has 0 spiro atoms. The molecule has 25 heavy (non-hydrogen) atoms. The lowest BCUT2D eigenvalue weighted by atomic mass is 10.2. The number of ether oxygens (including phenoxy) is 2. The van der Waals surface area contributed by atoms with Crippen molar-refractivity contribution in [1.82, 2.24) is 10.3 Å². The summed E-state index contributed by atoms with van der Waals surface area (Å²) in [5.41, 5.74) is 1.34. The summed E-state index contributed by atoms with van der Waals surface area (Å²) in [6, 6.07) is 20.5. The summed E-state index contributed by atoms with van der Waals surface area (Å²) in [6.45, 7) is 0.378. The number of para-hydroxylation sites is 1.